The Balaban J connectivity index is 1.58. The highest BCUT2D eigenvalue weighted by Gasteiger charge is 2.38. The van der Waals surface area contributed by atoms with Gasteiger partial charge in [0.2, 0.25) is 5.91 Å². The molecule has 2 fully saturated rings. The molecule has 0 bridgehead atoms. The number of phenolic OH excluding ortho intramolecular Hbond substituents is 1. The van der Waals surface area contributed by atoms with Gasteiger partial charge < -0.3 is 20.6 Å². The summed E-state index contributed by atoms with van der Waals surface area (Å²) in [6.45, 7) is 13.3. The lowest BCUT2D eigenvalue weighted by molar-refractivity contribution is -0.131. The molecule has 172 valence electrons. The molecule has 0 aromatic heterocycles. The van der Waals surface area contributed by atoms with Crippen LogP contribution in [0, 0.1) is 0 Å². The van der Waals surface area contributed by atoms with E-state index in [0.29, 0.717) is 24.6 Å². The van der Waals surface area contributed by atoms with Gasteiger partial charge in [0.15, 0.2) is 0 Å². The molecule has 0 unspecified atom stereocenters. The van der Waals surface area contributed by atoms with Crippen molar-refractivity contribution in [3.05, 3.63) is 29.3 Å². The number of phenols is 1. The molecule has 1 aliphatic heterocycles. The number of hydrogen-bond donors (Lipinski definition) is 3. The van der Waals surface area contributed by atoms with Gasteiger partial charge in [0, 0.05) is 35.3 Å². The molecule has 3 N–H and O–H groups in total. The largest absolute Gasteiger partial charge is 0.508 e. The van der Waals surface area contributed by atoms with Crippen LogP contribution in [-0.2, 0) is 10.2 Å². The average Bonchev–Trinajstić information content (AvgIpc) is 3.01. The second-order valence-electron chi connectivity index (χ2n) is 11.2. The Morgan fingerprint density at radius 3 is 2.26 bits per heavy atom. The van der Waals surface area contributed by atoms with E-state index in [0.717, 1.165) is 31.2 Å². The third kappa shape index (κ3) is 5.79. The van der Waals surface area contributed by atoms with Gasteiger partial charge >= 0.3 is 0 Å². The fourth-order valence-electron chi connectivity index (χ4n) is 4.86. The summed E-state index contributed by atoms with van der Waals surface area (Å²) < 4.78 is 0. The number of aromatic hydroxyl groups is 1. The Hall–Kier alpha value is -2.08. The van der Waals surface area contributed by atoms with Crippen molar-refractivity contribution in [3.63, 3.8) is 0 Å². The molecule has 6 nitrogen and oxygen atoms in total. The first kappa shape index (κ1) is 23.6. The first-order chi connectivity index (χ1) is 14.3. The molecule has 1 aromatic rings. The maximum absolute atomic E-state index is 13.0. The van der Waals surface area contributed by atoms with Crippen LogP contribution in [0.25, 0.3) is 0 Å². The number of hydrogen-bond acceptors (Lipinski definition) is 4. The van der Waals surface area contributed by atoms with E-state index in [1.54, 1.807) is 18.2 Å². The van der Waals surface area contributed by atoms with Gasteiger partial charge in [-0.15, -0.1) is 0 Å². The molecule has 6 heteroatoms. The molecule has 1 aromatic carbocycles. The number of rotatable bonds is 4. The Bertz CT molecular complexity index is 814. The van der Waals surface area contributed by atoms with E-state index in [1.807, 2.05) is 25.7 Å². The van der Waals surface area contributed by atoms with Crippen LogP contribution in [0.5, 0.6) is 5.75 Å². The quantitative estimate of drug-likeness (QED) is 0.681. The van der Waals surface area contributed by atoms with Gasteiger partial charge in [-0.2, -0.15) is 0 Å². The normalized spacial score (nSPS) is 25.0. The number of likely N-dealkylation sites (tertiary alicyclic amines) is 1. The van der Waals surface area contributed by atoms with Gasteiger partial charge in [-0.1, -0.05) is 20.8 Å². The first-order valence-corrected chi connectivity index (χ1v) is 11.6. The number of carbonyl (C=O) groups excluding carboxylic acids is 2. The summed E-state index contributed by atoms with van der Waals surface area (Å²) in [6.07, 6.45) is 4.81. The van der Waals surface area contributed by atoms with E-state index in [4.69, 9.17) is 0 Å². The maximum atomic E-state index is 13.0. The third-order valence-electron chi connectivity index (χ3n) is 6.39. The van der Waals surface area contributed by atoms with Crippen molar-refractivity contribution in [1.29, 1.82) is 0 Å². The molecule has 2 amide bonds. The Labute approximate surface area is 186 Å². The van der Waals surface area contributed by atoms with Gasteiger partial charge in [0.05, 0.1) is 0 Å². The highest BCUT2D eigenvalue weighted by molar-refractivity contribution is 5.98. The van der Waals surface area contributed by atoms with Gasteiger partial charge in [-0.3, -0.25) is 9.59 Å². The third-order valence-corrected chi connectivity index (χ3v) is 6.39. The second-order valence-corrected chi connectivity index (χ2v) is 11.2. The van der Waals surface area contributed by atoms with E-state index in [9.17, 15) is 14.7 Å². The molecule has 31 heavy (non-hydrogen) atoms. The number of amides is 2. The van der Waals surface area contributed by atoms with Crippen molar-refractivity contribution in [3.8, 4) is 5.75 Å². The molecule has 1 heterocycles. The SMILES string of the molecule is CC(C)(C)N[C@H]1CC[C@H](N2CC[C@H](NC(=O)c3ccc(O)c(C(C)(C)C)c3)C2=O)CC1. The van der Waals surface area contributed by atoms with Gasteiger partial charge in [0.1, 0.15) is 11.8 Å². The lowest BCUT2D eigenvalue weighted by Gasteiger charge is -2.37. The molecular formula is C25H39N3O3. The fourth-order valence-corrected chi connectivity index (χ4v) is 4.86. The van der Waals surface area contributed by atoms with Crippen LogP contribution in [-0.4, -0.2) is 52.0 Å². The van der Waals surface area contributed by atoms with Crippen LogP contribution in [0.4, 0.5) is 0 Å². The highest BCUT2D eigenvalue weighted by Crippen LogP contribution is 2.32. The van der Waals surface area contributed by atoms with Crippen molar-refractivity contribution in [2.24, 2.45) is 0 Å². The van der Waals surface area contributed by atoms with E-state index in [1.165, 1.54) is 0 Å². The number of benzene rings is 1. The van der Waals surface area contributed by atoms with Crippen LogP contribution in [0.2, 0.25) is 0 Å². The minimum absolute atomic E-state index is 0.0374. The van der Waals surface area contributed by atoms with Gasteiger partial charge in [0.25, 0.3) is 5.91 Å². The topological polar surface area (TPSA) is 81.7 Å². The molecular weight excluding hydrogens is 390 g/mol. The lowest BCUT2D eigenvalue weighted by Crippen LogP contribution is -2.49. The average molecular weight is 430 g/mol. The summed E-state index contributed by atoms with van der Waals surface area (Å²) in [7, 11) is 0. The summed E-state index contributed by atoms with van der Waals surface area (Å²) in [5, 5.41) is 16.7. The van der Waals surface area contributed by atoms with E-state index < -0.39 is 6.04 Å². The maximum Gasteiger partial charge on any atom is 0.251 e. The minimum Gasteiger partial charge on any atom is -0.508 e. The lowest BCUT2D eigenvalue weighted by atomic mass is 9.85. The smallest absolute Gasteiger partial charge is 0.251 e. The van der Waals surface area contributed by atoms with Crippen molar-refractivity contribution >= 4 is 11.8 Å². The summed E-state index contributed by atoms with van der Waals surface area (Å²) in [4.78, 5) is 27.8. The Morgan fingerprint density at radius 1 is 1.03 bits per heavy atom. The molecule has 2 aliphatic rings. The number of nitrogens with one attached hydrogen (secondary N) is 2. The summed E-state index contributed by atoms with van der Waals surface area (Å²) >= 11 is 0. The van der Waals surface area contributed by atoms with E-state index >= 15 is 0 Å². The van der Waals surface area contributed by atoms with Crippen LogP contribution < -0.4 is 10.6 Å². The zero-order chi connectivity index (χ0) is 23.0. The standard InChI is InChI=1S/C25H39N3O3/c1-24(2,3)19-15-16(7-12-21(19)29)22(30)26-20-13-14-28(23(20)31)18-10-8-17(9-11-18)27-25(4,5)6/h7,12,15,17-18,20,27,29H,8-11,13-14H2,1-6H3,(H,26,30)/t17-,18-,20-/m0/s1. The molecule has 1 saturated heterocycles. The predicted molar refractivity (Wildman–Crippen MR) is 123 cm³/mol. The molecule has 0 radical (unpaired) electrons. The van der Waals surface area contributed by atoms with Gasteiger partial charge in [-0.25, -0.2) is 0 Å². The zero-order valence-electron chi connectivity index (χ0n) is 19.9. The molecule has 3 rings (SSSR count). The predicted octanol–water partition coefficient (Wildman–Crippen LogP) is 3.72. The first-order valence-electron chi connectivity index (χ1n) is 11.6. The highest BCUT2D eigenvalue weighted by atomic mass is 16.3. The van der Waals surface area contributed by atoms with Crippen molar-refractivity contribution in [2.45, 2.75) is 103 Å². The summed E-state index contributed by atoms with van der Waals surface area (Å²) in [5.74, 6) is -0.0390. The van der Waals surface area contributed by atoms with Crippen LogP contribution >= 0.6 is 0 Å². The zero-order valence-corrected chi connectivity index (χ0v) is 19.9. The van der Waals surface area contributed by atoms with Crippen molar-refractivity contribution in [2.75, 3.05) is 6.54 Å². The van der Waals surface area contributed by atoms with Crippen LogP contribution in [0.1, 0.15) is 89.6 Å². The minimum atomic E-state index is -0.468. The second kappa shape index (κ2) is 8.81. The summed E-state index contributed by atoms with van der Waals surface area (Å²) in [5.41, 5.74) is 1.03. The number of nitrogens with zero attached hydrogens (tertiary/aromatic N) is 1. The van der Waals surface area contributed by atoms with Gasteiger partial charge in [-0.05, 0) is 76.5 Å². The van der Waals surface area contributed by atoms with Crippen LogP contribution in [0.15, 0.2) is 18.2 Å². The monoisotopic (exact) mass is 429 g/mol. The van der Waals surface area contributed by atoms with E-state index in [2.05, 4.69) is 31.4 Å². The molecule has 1 atom stereocenters. The Kier molecular flexibility index (Phi) is 6.70. The molecule has 0 spiro atoms. The fraction of sp³-hybridized carbons (Fsp3) is 0.680. The Morgan fingerprint density at radius 2 is 1.68 bits per heavy atom. The number of carbonyl (C=O) groups is 2. The summed E-state index contributed by atoms with van der Waals surface area (Å²) in [6, 6.07) is 5.21. The van der Waals surface area contributed by atoms with E-state index in [-0.39, 0.29) is 34.6 Å². The van der Waals surface area contributed by atoms with Crippen molar-refractivity contribution < 1.29 is 14.7 Å². The van der Waals surface area contributed by atoms with Crippen LogP contribution in [0.3, 0.4) is 0 Å². The molecule has 1 saturated carbocycles. The molecule has 1 aliphatic carbocycles. The van der Waals surface area contributed by atoms with Crippen molar-refractivity contribution in [1.82, 2.24) is 15.5 Å².